The molecule has 1 unspecified atom stereocenters. The van der Waals surface area contributed by atoms with Crippen LogP contribution in [0.3, 0.4) is 0 Å². The number of methoxy groups -OCH3 is 1. The number of aromatic nitrogens is 2. The van der Waals surface area contributed by atoms with Gasteiger partial charge in [0.1, 0.15) is 6.10 Å². The lowest BCUT2D eigenvalue weighted by Crippen LogP contribution is -2.44. The van der Waals surface area contributed by atoms with E-state index >= 15 is 0 Å². The van der Waals surface area contributed by atoms with Crippen molar-refractivity contribution in [3.63, 3.8) is 0 Å². The monoisotopic (exact) mass is 418 g/mol. The molecular formula is C21H30N4O5. The highest BCUT2D eigenvalue weighted by molar-refractivity contribution is 5.89. The van der Waals surface area contributed by atoms with E-state index in [4.69, 9.17) is 14.2 Å². The summed E-state index contributed by atoms with van der Waals surface area (Å²) >= 11 is 0. The van der Waals surface area contributed by atoms with Crippen LogP contribution in [0.5, 0.6) is 11.8 Å². The minimum Gasteiger partial charge on any atom is -0.477 e. The van der Waals surface area contributed by atoms with E-state index in [-0.39, 0.29) is 35.9 Å². The van der Waals surface area contributed by atoms with Gasteiger partial charge < -0.3 is 24.4 Å². The lowest BCUT2D eigenvalue weighted by molar-refractivity contribution is -0.131. The van der Waals surface area contributed by atoms with Crippen LogP contribution in [0.1, 0.15) is 44.9 Å². The molecule has 0 radical (unpaired) electrons. The number of hydrogen-bond donors (Lipinski definition) is 1. The van der Waals surface area contributed by atoms with Crippen LogP contribution >= 0.6 is 0 Å². The van der Waals surface area contributed by atoms with Gasteiger partial charge in [0.25, 0.3) is 11.8 Å². The summed E-state index contributed by atoms with van der Waals surface area (Å²) in [5, 5.41) is 3.16. The van der Waals surface area contributed by atoms with Gasteiger partial charge in [0.15, 0.2) is 0 Å². The van der Waals surface area contributed by atoms with E-state index < -0.39 is 0 Å². The third-order valence-corrected chi connectivity index (χ3v) is 6.29. The molecule has 164 valence electrons. The van der Waals surface area contributed by atoms with Crippen molar-refractivity contribution in [3.8, 4) is 11.8 Å². The van der Waals surface area contributed by atoms with Gasteiger partial charge in [-0.3, -0.25) is 9.59 Å². The largest absolute Gasteiger partial charge is 0.477 e. The van der Waals surface area contributed by atoms with E-state index in [0.717, 1.165) is 38.5 Å². The van der Waals surface area contributed by atoms with E-state index in [0.29, 0.717) is 37.9 Å². The second-order valence-electron chi connectivity index (χ2n) is 8.26. The summed E-state index contributed by atoms with van der Waals surface area (Å²) in [6, 6.07) is 0.336. The van der Waals surface area contributed by atoms with Gasteiger partial charge in [-0.05, 0) is 38.5 Å². The quantitative estimate of drug-likeness (QED) is 0.743. The predicted octanol–water partition coefficient (Wildman–Crippen LogP) is 1.32. The lowest BCUT2D eigenvalue weighted by atomic mass is 9.92. The van der Waals surface area contributed by atoms with E-state index in [9.17, 15) is 9.59 Å². The number of amides is 2. The zero-order chi connectivity index (χ0) is 20.9. The number of carbonyl (C=O) groups is 2. The molecule has 4 rings (SSSR count). The molecule has 2 saturated heterocycles. The zero-order valence-electron chi connectivity index (χ0n) is 17.4. The molecule has 3 heterocycles. The SMILES string of the molecule is COc1nccnc1OC1CCC(NC(=O)C2CC(=O)N(C3CCOCC3)C2)CC1. The van der Waals surface area contributed by atoms with Crippen LogP contribution in [0, 0.1) is 5.92 Å². The van der Waals surface area contributed by atoms with E-state index in [1.54, 1.807) is 19.5 Å². The minimum atomic E-state index is -0.252. The summed E-state index contributed by atoms with van der Waals surface area (Å²) < 4.78 is 16.5. The zero-order valence-corrected chi connectivity index (χ0v) is 17.4. The standard InChI is InChI=1S/C21H30N4O5/c1-28-20-21(23-9-8-22-20)30-17-4-2-15(3-5-17)24-19(27)14-12-18(26)25(13-14)16-6-10-29-11-7-16/h8-9,14-17H,2-7,10-13H2,1H3,(H,24,27). The highest BCUT2D eigenvalue weighted by Crippen LogP contribution is 2.28. The average molecular weight is 418 g/mol. The van der Waals surface area contributed by atoms with Crippen LogP contribution in [0.4, 0.5) is 0 Å². The first-order valence-corrected chi connectivity index (χ1v) is 10.8. The summed E-state index contributed by atoms with van der Waals surface area (Å²) in [6.07, 6.45) is 8.53. The molecule has 9 nitrogen and oxygen atoms in total. The average Bonchev–Trinajstić information content (AvgIpc) is 3.18. The number of nitrogens with one attached hydrogen (secondary N) is 1. The molecule has 1 aromatic rings. The molecule has 2 aliphatic heterocycles. The lowest BCUT2D eigenvalue weighted by Gasteiger charge is -2.31. The maximum atomic E-state index is 12.8. The second kappa shape index (κ2) is 9.59. The van der Waals surface area contributed by atoms with Gasteiger partial charge in [0.05, 0.1) is 13.0 Å². The third kappa shape index (κ3) is 4.83. The van der Waals surface area contributed by atoms with Crippen LogP contribution in [0.15, 0.2) is 12.4 Å². The van der Waals surface area contributed by atoms with Gasteiger partial charge >= 0.3 is 0 Å². The maximum Gasteiger partial charge on any atom is 0.278 e. The van der Waals surface area contributed by atoms with Crippen molar-refractivity contribution in [2.24, 2.45) is 5.92 Å². The molecule has 0 bridgehead atoms. The molecular weight excluding hydrogens is 388 g/mol. The maximum absolute atomic E-state index is 12.8. The van der Waals surface area contributed by atoms with Crippen LogP contribution in [0.25, 0.3) is 0 Å². The van der Waals surface area contributed by atoms with Gasteiger partial charge in [0, 0.05) is 50.7 Å². The molecule has 1 aromatic heterocycles. The third-order valence-electron chi connectivity index (χ3n) is 6.29. The molecule has 30 heavy (non-hydrogen) atoms. The van der Waals surface area contributed by atoms with Crippen molar-refractivity contribution >= 4 is 11.8 Å². The predicted molar refractivity (Wildman–Crippen MR) is 107 cm³/mol. The fraction of sp³-hybridized carbons (Fsp3) is 0.714. The Morgan fingerprint density at radius 2 is 1.80 bits per heavy atom. The first kappa shape index (κ1) is 20.8. The van der Waals surface area contributed by atoms with E-state index in [1.165, 1.54) is 0 Å². The highest BCUT2D eigenvalue weighted by atomic mass is 16.5. The Labute approximate surface area is 176 Å². The molecule has 1 aliphatic carbocycles. The smallest absolute Gasteiger partial charge is 0.278 e. The summed E-state index contributed by atoms with van der Waals surface area (Å²) in [5.74, 6) is 0.631. The van der Waals surface area contributed by atoms with Crippen LogP contribution in [0.2, 0.25) is 0 Å². The molecule has 9 heteroatoms. The Morgan fingerprint density at radius 3 is 2.50 bits per heavy atom. The van der Waals surface area contributed by atoms with Crippen LogP contribution in [-0.4, -0.2) is 71.7 Å². The van der Waals surface area contributed by atoms with Crippen molar-refractivity contribution in [3.05, 3.63) is 12.4 Å². The number of hydrogen-bond acceptors (Lipinski definition) is 7. The number of ether oxygens (including phenoxy) is 3. The van der Waals surface area contributed by atoms with Gasteiger partial charge in [-0.15, -0.1) is 0 Å². The molecule has 1 saturated carbocycles. The Morgan fingerprint density at radius 1 is 1.10 bits per heavy atom. The summed E-state index contributed by atoms with van der Waals surface area (Å²) in [4.78, 5) is 35.4. The number of likely N-dealkylation sites (tertiary alicyclic amines) is 1. The first-order valence-electron chi connectivity index (χ1n) is 10.8. The summed E-state index contributed by atoms with van der Waals surface area (Å²) in [7, 11) is 1.54. The molecule has 0 aromatic carbocycles. The normalized spacial score (nSPS) is 27.7. The number of carbonyl (C=O) groups excluding carboxylic acids is 2. The van der Waals surface area contributed by atoms with Crippen molar-refractivity contribution in [2.45, 2.75) is 63.1 Å². The molecule has 0 spiro atoms. The van der Waals surface area contributed by atoms with Gasteiger partial charge in [-0.25, -0.2) is 9.97 Å². The molecule has 3 fully saturated rings. The fourth-order valence-electron chi connectivity index (χ4n) is 4.59. The summed E-state index contributed by atoms with van der Waals surface area (Å²) in [6.45, 7) is 1.91. The van der Waals surface area contributed by atoms with Gasteiger partial charge in [-0.1, -0.05) is 0 Å². The van der Waals surface area contributed by atoms with Crippen LogP contribution < -0.4 is 14.8 Å². The summed E-state index contributed by atoms with van der Waals surface area (Å²) in [5.41, 5.74) is 0. The Kier molecular flexibility index (Phi) is 6.66. The first-order chi connectivity index (χ1) is 14.6. The number of rotatable bonds is 6. The molecule has 1 atom stereocenters. The molecule has 3 aliphatic rings. The second-order valence-corrected chi connectivity index (χ2v) is 8.26. The number of nitrogens with zero attached hydrogens (tertiary/aromatic N) is 3. The topological polar surface area (TPSA) is 103 Å². The minimum absolute atomic E-state index is 0.00197. The van der Waals surface area contributed by atoms with Crippen LogP contribution in [-0.2, 0) is 14.3 Å². The van der Waals surface area contributed by atoms with Crippen molar-refractivity contribution < 1.29 is 23.8 Å². The van der Waals surface area contributed by atoms with Crippen molar-refractivity contribution in [1.82, 2.24) is 20.2 Å². The van der Waals surface area contributed by atoms with Gasteiger partial charge in [0.2, 0.25) is 11.8 Å². The van der Waals surface area contributed by atoms with Crippen molar-refractivity contribution in [2.75, 3.05) is 26.9 Å². The molecule has 2 amide bonds. The van der Waals surface area contributed by atoms with E-state index in [1.807, 2.05) is 4.90 Å². The van der Waals surface area contributed by atoms with E-state index in [2.05, 4.69) is 15.3 Å². The Hall–Kier alpha value is -2.42. The van der Waals surface area contributed by atoms with Gasteiger partial charge in [-0.2, -0.15) is 0 Å². The highest BCUT2D eigenvalue weighted by Gasteiger charge is 2.39. The Balaban J connectivity index is 1.23. The van der Waals surface area contributed by atoms with Crippen molar-refractivity contribution in [1.29, 1.82) is 0 Å². The molecule has 1 N–H and O–H groups in total. The Bertz CT molecular complexity index is 747. The fourth-order valence-corrected chi connectivity index (χ4v) is 4.59.